The molecule has 1 unspecified atom stereocenters. The topological polar surface area (TPSA) is 66.6 Å². The number of hydrogen-bond donors (Lipinski definition) is 2. The molecule has 2 aromatic rings. The fourth-order valence-corrected chi connectivity index (χ4v) is 2.76. The van der Waals surface area contributed by atoms with Crippen LogP contribution < -0.4 is 10.6 Å². The molecule has 0 aliphatic carbocycles. The van der Waals surface area contributed by atoms with Crippen LogP contribution in [0.4, 0.5) is 0 Å². The van der Waals surface area contributed by atoms with Gasteiger partial charge in [-0.1, -0.05) is 26.8 Å². The van der Waals surface area contributed by atoms with Crippen LogP contribution in [-0.2, 0) is 6.42 Å². The summed E-state index contributed by atoms with van der Waals surface area (Å²) < 4.78 is 2.04. The summed E-state index contributed by atoms with van der Waals surface area (Å²) in [5.41, 5.74) is 1.26. The summed E-state index contributed by atoms with van der Waals surface area (Å²) in [4.78, 5) is 4.71. The average molecular weight is 486 g/mol. The Morgan fingerprint density at radius 3 is 2.74 bits per heavy atom. The van der Waals surface area contributed by atoms with Crippen LogP contribution in [0.25, 0.3) is 5.65 Å². The highest BCUT2D eigenvalue weighted by molar-refractivity contribution is 14.0. The van der Waals surface area contributed by atoms with Gasteiger partial charge in [0.15, 0.2) is 11.6 Å². The highest BCUT2D eigenvalue weighted by atomic mass is 127. The van der Waals surface area contributed by atoms with E-state index in [4.69, 9.17) is 4.99 Å². The quantitative estimate of drug-likeness (QED) is 0.256. The first-order valence-corrected chi connectivity index (χ1v) is 9.72. The molecule has 2 aromatic heterocycles. The van der Waals surface area contributed by atoms with Gasteiger partial charge < -0.3 is 10.6 Å². The van der Waals surface area contributed by atoms with Crippen molar-refractivity contribution in [2.75, 3.05) is 13.1 Å². The molecule has 0 aliphatic heterocycles. The van der Waals surface area contributed by atoms with Crippen molar-refractivity contribution in [3.05, 3.63) is 30.2 Å². The van der Waals surface area contributed by atoms with Crippen molar-refractivity contribution >= 4 is 35.6 Å². The van der Waals surface area contributed by atoms with Gasteiger partial charge in [-0.15, -0.1) is 34.2 Å². The maximum atomic E-state index is 4.71. The monoisotopic (exact) mass is 486 g/mol. The number of nitrogens with one attached hydrogen (secondary N) is 2. The lowest BCUT2D eigenvalue weighted by Crippen LogP contribution is -2.42. The normalized spacial score (nSPS) is 13.3. The highest BCUT2D eigenvalue weighted by Gasteiger charge is 2.13. The predicted molar refractivity (Wildman–Crippen MR) is 124 cm³/mol. The van der Waals surface area contributed by atoms with E-state index in [1.807, 2.05) is 28.8 Å². The smallest absolute Gasteiger partial charge is 0.191 e. The molecule has 1 atom stereocenters. The molecule has 152 valence electrons. The lowest BCUT2D eigenvalue weighted by Gasteiger charge is -2.23. The van der Waals surface area contributed by atoms with Crippen LogP contribution in [0.15, 0.2) is 29.4 Å². The Bertz CT molecular complexity index is 704. The van der Waals surface area contributed by atoms with E-state index in [2.05, 4.69) is 55.4 Å². The largest absolute Gasteiger partial charge is 0.357 e. The third-order valence-corrected chi connectivity index (χ3v) is 4.27. The number of nitrogens with zero attached hydrogens (tertiary/aromatic N) is 4. The third-order valence-electron chi connectivity index (χ3n) is 4.27. The number of aryl methyl sites for hydroxylation is 1. The van der Waals surface area contributed by atoms with E-state index in [0.717, 1.165) is 49.8 Å². The Morgan fingerprint density at radius 1 is 1.26 bits per heavy atom. The van der Waals surface area contributed by atoms with Crippen molar-refractivity contribution < 1.29 is 0 Å². The molecule has 2 N–H and O–H groups in total. The molecule has 0 amide bonds. The lowest BCUT2D eigenvalue weighted by atomic mass is 9.89. The molecule has 27 heavy (non-hydrogen) atoms. The molecule has 0 aliphatic rings. The van der Waals surface area contributed by atoms with Crippen LogP contribution >= 0.6 is 24.0 Å². The minimum atomic E-state index is 0. The highest BCUT2D eigenvalue weighted by Crippen LogP contribution is 2.21. The number of halogens is 1. The Labute approximate surface area is 180 Å². The summed E-state index contributed by atoms with van der Waals surface area (Å²) in [6.45, 7) is 12.8. The molecule has 0 radical (unpaired) electrons. The van der Waals surface area contributed by atoms with E-state index in [0.29, 0.717) is 11.5 Å². The second-order valence-electron chi connectivity index (χ2n) is 8.05. The number of aliphatic imine (C=N–C) groups is 1. The van der Waals surface area contributed by atoms with Gasteiger partial charge >= 0.3 is 0 Å². The van der Waals surface area contributed by atoms with Gasteiger partial charge in [-0.05, 0) is 50.7 Å². The summed E-state index contributed by atoms with van der Waals surface area (Å²) in [7, 11) is 0. The molecule has 0 bridgehead atoms. The maximum absolute atomic E-state index is 4.71. The number of hydrogen-bond acceptors (Lipinski definition) is 3. The van der Waals surface area contributed by atoms with Crippen molar-refractivity contribution in [1.82, 2.24) is 25.2 Å². The van der Waals surface area contributed by atoms with Crippen molar-refractivity contribution in [2.45, 2.75) is 66.3 Å². The van der Waals surface area contributed by atoms with Gasteiger partial charge in [-0.25, -0.2) is 0 Å². The molecule has 7 heteroatoms. The van der Waals surface area contributed by atoms with E-state index >= 15 is 0 Å². The zero-order chi connectivity index (χ0) is 19.0. The summed E-state index contributed by atoms with van der Waals surface area (Å²) >= 11 is 0. The van der Waals surface area contributed by atoms with Crippen LogP contribution in [0.5, 0.6) is 0 Å². The second-order valence-corrected chi connectivity index (χ2v) is 8.05. The summed E-state index contributed by atoms with van der Waals surface area (Å²) in [5, 5.41) is 15.3. The van der Waals surface area contributed by atoms with Gasteiger partial charge in [0.2, 0.25) is 0 Å². The lowest BCUT2D eigenvalue weighted by molar-refractivity contribution is 0.346. The molecule has 0 saturated heterocycles. The second kappa shape index (κ2) is 11.5. The van der Waals surface area contributed by atoms with Gasteiger partial charge in [0, 0.05) is 31.7 Å². The Hall–Kier alpha value is -1.38. The van der Waals surface area contributed by atoms with Crippen LogP contribution in [0.1, 0.15) is 59.7 Å². The average Bonchev–Trinajstić information content (AvgIpc) is 3.00. The molecule has 0 fully saturated rings. The Balaban J connectivity index is 0.00000364. The minimum absolute atomic E-state index is 0. The predicted octanol–water partition coefficient (Wildman–Crippen LogP) is 4.05. The van der Waals surface area contributed by atoms with Crippen LogP contribution in [0.3, 0.4) is 0 Å². The number of guanidine groups is 1. The number of rotatable bonds is 8. The summed E-state index contributed by atoms with van der Waals surface area (Å²) in [5.74, 6) is 1.90. The van der Waals surface area contributed by atoms with Crippen molar-refractivity contribution in [3.8, 4) is 0 Å². The van der Waals surface area contributed by atoms with Crippen molar-refractivity contribution in [1.29, 1.82) is 0 Å². The number of fused-ring (bicyclic) bond motifs is 1. The fourth-order valence-electron chi connectivity index (χ4n) is 2.76. The van der Waals surface area contributed by atoms with Crippen molar-refractivity contribution in [2.24, 2.45) is 10.4 Å². The fraction of sp³-hybridized carbons (Fsp3) is 0.650. The van der Waals surface area contributed by atoms with Crippen LogP contribution in [-0.4, -0.2) is 39.7 Å². The van der Waals surface area contributed by atoms with Gasteiger partial charge in [-0.3, -0.25) is 9.39 Å². The standard InChI is InChI=1S/C20H34N6.HI/c1-6-21-19(23-16(2)12-13-20(3,4)5)22-14-9-11-18-25-24-17-10-7-8-15-26(17)18;/h7-8,10,15-16H,6,9,11-14H2,1-5H3,(H2,21,22,23);1H. The summed E-state index contributed by atoms with van der Waals surface area (Å²) in [6, 6.07) is 6.37. The molecule has 2 rings (SSSR count). The first kappa shape index (κ1) is 23.7. The minimum Gasteiger partial charge on any atom is -0.357 e. The van der Waals surface area contributed by atoms with E-state index in [1.54, 1.807) is 0 Å². The van der Waals surface area contributed by atoms with E-state index in [1.165, 1.54) is 6.42 Å². The molecular weight excluding hydrogens is 451 g/mol. The van der Waals surface area contributed by atoms with E-state index in [-0.39, 0.29) is 24.0 Å². The SMILES string of the molecule is CCNC(=NCCCc1nnc2ccccn12)NC(C)CCC(C)(C)C.I. The molecule has 2 heterocycles. The molecule has 6 nitrogen and oxygen atoms in total. The molecular formula is C20H35IN6. The van der Waals surface area contributed by atoms with E-state index < -0.39 is 0 Å². The maximum Gasteiger partial charge on any atom is 0.191 e. The number of pyridine rings is 1. The first-order chi connectivity index (χ1) is 12.4. The first-order valence-electron chi connectivity index (χ1n) is 9.72. The van der Waals surface area contributed by atoms with Crippen molar-refractivity contribution in [3.63, 3.8) is 0 Å². The van der Waals surface area contributed by atoms with Gasteiger partial charge in [0.05, 0.1) is 0 Å². The Kier molecular flexibility index (Phi) is 10.0. The molecule has 0 aromatic carbocycles. The van der Waals surface area contributed by atoms with Gasteiger partial charge in [0.1, 0.15) is 5.82 Å². The zero-order valence-corrected chi connectivity index (χ0v) is 19.7. The third kappa shape index (κ3) is 8.45. The van der Waals surface area contributed by atoms with E-state index in [9.17, 15) is 0 Å². The zero-order valence-electron chi connectivity index (χ0n) is 17.3. The van der Waals surface area contributed by atoms with Crippen LogP contribution in [0.2, 0.25) is 0 Å². The van der Waals surface area contributed by atoms with Gasteiger partial charge in [0.25, 0.3) is 0 Å². The summed E-state index contributed by atoms with van der Waals surface area (Å²) in [6.07, 6.45) is 6.16. The molecule has 0 saturated carbocycles. The molecule has 0 spiro atoms. The van der Waals surface area contributed by atoms with Crippen LogP contribution in [0, 0.1) is 5.41 Å². The van der Waals surface area contributed by atoms with Gasteiger partial charge in [-0.2, -0.15) is 0 Å². The Morgan fingerprint density at radius 2 is 2.04 bits per heavy atom. The number of aromatic nitrogens is 3.